The number of nitrogens with zero attached hydrogens (tertiary/aromatic N) is 1. The van der Waals surface area contributed by atoms with Gasteiger partial charge in [0.2, 0.25) is 0 Å². The highest BCUT2D eigenvalue weighted by atomic mass is 15.1. The van der Waals surface area contributed by atoms with Crippen LogP contribution >= 0.6 is 0 Å². The van der Waals surface area contributed by atoms with E-state index in [1.807, 2.05) is 0 Å². The second-order valence-corrected chi connectivity index (χ2v) is 7.54. The first kappa shape index (κ1) is 16.0. The smallest absolute Gasteiger partial charge is 0.00949 e. The lowest BCUT2D eigenvalue weighted by molar-refractivity contribution is 0.114. The van der Waals surface area contributed by atoms with Gasteiger partial charge in [-0.15, -0.1) is 0 Å². The zero-order valence-corrected chi connectivity index (χ0v) is 13.4. The van der Waals surface area contributed by atoms with Crippen LogP contribution in [-0.4, -0.2) is 37.1 Å². The van der Waals surface area contributed by atoms with E-state index in [-0.39, 0.29) is 0 Å². The molecule has 2 unspecified atom stereocenters. The average Bonchev–Trinajstić information content (AvgIpc) is 2.26. The average molecular weight is 254 g/mol. The van der Waals surface area contributed by atoms with Crippen molar-refractivity contribution < 1.29 is 0 Å². The van der Waals surface area contributed by atoms with Crippen LogP contribution < -0.4 is 5.32 Å². The van der Waals surface area contributed by atoms with Gasteiger partial charge in [0.25, 0.3) is 0 Å². The molecule has 0 aliphatic heterocycles. The van der Waals surface area contributed by atoms with E-state index >= 15 is 0 Å². The van der Waals surface area contributed by atoms with Crippen molar-refractivity contribution in [1.29, 1.82) is 0 Å². The summed E-state index contributed by atoms with van der Waals surface area (Å²) >= 11 is 0. The molecule has 2 atom stereocenters. The van der Waals surface area contributed by atoms with Crippen molar-refractivity contribution in [3.05, 3.63) is 0 Å². The standard InChI is InChI=1S/C16H34N2/c1-13(2)17-11-16(4,5)12-18(6)15-9-7-8-14(3)10-15/h13-15,17H,7-12H2,1-6H3. The molecule has 0 radical (unpaired) electrons. The van der Waals surface area contributed by atoms with Gasteiger partial charge in [0, 0.05) is 25.2 Å². The van der Waals surface area contributed by atoms with Crippen LogP contribution in [0.25, 0.3) is 0 Å². The van der Waals surface area contributed by atoms with Gasteiger partial charge in [-0.1, -0.05) is 47.5 Å². The molecule has 2 heteroatoms. The van der Waals surface area contributed by atoms with Crippen molar-refractivity contribution in [3.63, 3.8) is 0 Å². The molecule has 0 amide bonds. The van der Waals surface area contributed by atoms with Crippen molar-refractivity contribution in [2.45, 2.75) is 72.4 Å². The molecule has 1 aliphatic carbocycles. The maximum Gasteiger partial charge on any atom is 0.00949 e. The Morgan fingerprint density at radius 1 is 1.28 bits per heavy atom. The van der Waals surface area contributed by atoms with Gasteiger partial charge in [-0.25, -0.2) is 0 Å². The summed E-state index contributed by atoms with van der Waals surface area (Å²) in [6.07, 6.45) is 5.64. The molecular formula is C16H34N2. The van der Waals surface area contributed by atoms with Crippen LogP contribution in [-0.2, 0) is 0 Å². The van der Waals surface area contributed by atoms with Crippen molar-refractivity contribution in [2.75, 3.05) is 20.1 Å². The predicted octanol–water partition coefficient (Wildman–Crippen LogP) is 3.52. The van der Waals surface area contributed by atoms with Gasteiger partial charge in [-0.3, -0.25) is 0 Å². The summed E-state index contributed by atoms with van der Waals surface area (Å²) in [6, 6.07) is 1.40. The fourth-order valence-corrected chi connectivity index (χ4v) is 3.14. The van der Waals surface area contributed by atoms with Gasteiger partial charge in [0.15, 0.2) is 0 Å². The van der Waals surface area contributed by atoms with E-state index in [1.165, 1.54) is 32.2 Å². The van der Waals surface area contributed by atoms with Crippen molar-refractivity contribution in [2.24, 2.45) is 11.3 Å². The Bertz CT molecular complexity index is 235. The SMILES string of the molecule is CC1CCCC(N(C)CC(C)(C)CNC(C)C)C1. The first-order valence-corrected chi connectivity index (χ1v) is 7.74. The number of hydrogen-bond donors (Lipinski definition) is 1. The molecule has 1 rings (SSSR count). The molecule has 0 saturated heterocycles. The van der Waals surface area contributed by atoms with Crippen LogP contribution in [0.5, 0.6) is 0 Å². The molecule has 1 fully saturated rings. The van der Waals surface area contributed by atoms with E-state index in [2.05, 4.69) is 51.9 Å². The number of nitrogens with one attached hydrogen (secondary N) is 1. The molecule has 0 aromatic heterocycles. The van der Waals surface area contributed by atoms with Gasteiger partial charge in [0.1, 0.15) is 0 Å². The summed E-state index contributed by atoms with van der Waals surface area (Å²) in [7, 11) is 2.32. The molecule has 0 aromatic carbocycles. The van der Waals surface area contributed by atoms with E-state index in [0.717, 1.165) is 18.5 Å². The normalized spacial score (nSPS) is 26.0. The first-order chi connectivity index (χ1) is 8.30. The molecule has 0 bridgehead atoms. The van der Waals surface area contributed by atoms with E-state index in [1.54, 1.807) is 0 Å². The quantitative estimate of drug-likeness (QED) is 0.780. The van der Waals surface area contributed by atoms with Gasteiger partial charge in [-0.2, -0.15) is 0 Å². The minimum Gasteiger partial charge on any atom is -0.314 e. The largest absolute Gasteiger partial charge is 0.314 e. The first-order valence-electron chi connectivity index (χ1n) is 7.74. The van der Waals surface area contributed by atoms with Gasteiger partial charge in [-0.05, 0) is 31.2 Å². The number of hydrogen-bond acceptors (Lipinski definition) is 2. The molecule has 2 nitrogen and oxygen atoms in total. The van der Waals surface area contributed by atoms with Crippen LogP contribution in [0.15, 0.2) is 0 Å². The third-order valence-electron chi connectivity index (χ3n) is 4.20. The molecular weight excluding hydrogens is 220 g/mol. The minimum absolute atomic E-state index is 0.361. The highest BCUT2D eigenvalue weighted by Crippen LogP contribution is 2.28. The summed E-state index contributed by atoms with van der Waals surface area (Å²) in [5.41, 5.74) is 0.361. The molecule has 108 valence electrons. The summed E-state index contributed by atoms with van der Waals surface area (Å²) in [5, 5.41) is 3.58. The Balaban J connectivity index is 2.39. The second-order valence-electron chi connectivity index (χ2n) is 7.54. The molecule has 18 heavy (non-hydrogen) atoms. The Morgan fingerprint density at radius 2 is 1.94 bits per heavy atom. The van der Waals surface area contributed by atoms with Crippen LogP contribution in [0.4, 0.5) is 0 Å². The molecule has 1 aliphatic rings. The summed E-state index contributed by atoms with van der Waals surface area (Å²) in [5.74, 6) is 0.920. The maximum atomic E-state index is 3.58. The Labute approximate surface area is 115 Å². The van der Waals surface area contributed by atoms with E-state index < -0.39 is 0 Å². The monoisotopic (exact) mass is 254 g/mol. The molecule has 1 saturated carbocycles. The van der Waals surface area contributed by atoms with Crippen LogP contribution in [0.3, 0.4) is 0 Å². The minimum atomic E-state index is 0.361. The zero-order valence-electron chi connectivity index (χ0n) is 13.4. The molecule has 0 heterocycles. The fraction of sp³-hybridized carbons (Fsp3) is 1.00. The molecule has 0 spiro atoms. The predicted molar refractivity (Wildman–Crippen MR) is 81.0 cm³/mol. The summed E-state index contributed by atoms with van der Waals surface area (Å²) < 4.78 is 0. The van der Waals surface area contributed by atoms with Crippen LogP contribution in [0, 0.1) is 11.3 Å². The second kappa shape index (κ2) is 6.91. The van der Waals surface area contributed by atoms with Crippen LogP contribution in [0.1, 0.15) is 60.3 Å². The Hall–Kier alpha value is -0.0800. The highest BCUT2D eigenvalue weighted by molar-refractivity contribution is 4.82. The van der Waals surface area contributed by atoms with Gasteiger partial charge in [0.05, 0.1) is 0 Å². The third-order valence-corrected chi connectivity index (χ3v) is 4.20. The van der Waals surface area contributed by atoms with Gasteiger partial charge >= 0.3 is 0 Å². The van der Waals surface area contributed by atoms with Gasteiger partial charge < -0.3 is 10.2 Å². The molecule has 0 aromatic rings. The lowest BCUT2D eigenvalue weighted by Gasteiger charge is -2.39. The Morgan fingerprint density at radius 3 is 2.50 bits per heavy atom. The van der Waals surface area contributed by atoms with E-state index in [9.17, 15) is 0 Å². The van der Waals surface area contributed by atoms with E-state index in [4.69, 9.17) is 0 Å². The van der Waals surface area contributed by atoms with Crippen LogP contribution in [0.2, 0.25) is 0 Å². The third kappa shape index (κ3) is 5.71. The maximum absolute atomic E-state index is 3.58. The summed E-state index contributed by atoms with van der Waals surface area (Å²) in [4.78, 5) is 2.61. The Kier molecular flexibility index (Phi) is 6.13. The van der Waals surface area contributed by atoms with E-state index in [0.29, 0.717) is 11.5 Å². The molecule has 1 N–H and O–H groups in total. The lowest BCUT2D eigenvalue weighted by Crippen LogP contribution is -2.45. The topological polar surface area (TPSA) is 15.3 Å². The zero-order chi connectivity index (χ0) is 13.8. The fourth-order valence-electron chi connectivity index (χ4n) is 3.14. The summed E-state index contributed by atoms with van der Waals surface area (Å²) in [6.45, 7) is 13.9. The van der Waals surface area contributed by atoms with Crippen molar-refractivity contribution in [3.8, 4) is 0 Å². The highest BCUT2D eigenvalue weighted by Gasteiger charge is 2.27. The lowest BCUT2D eigenvalue weighted by atomic mass is 9.84. The van der Waals surface area contributed by atoms with Crippen molar-refractivity contribution >= 4 is 0 Å². The number of rotatable bonds is 6. The van der Waals surface area contributed by atoms with Crippen molar-refractivity contribution in [1.82, 2.24) is 10.2 Å².